The van der Waals surface area contributed by atoms with Gasteiger partial charge in [0.25, 0.3) is 15.9 Å². The molecule has 0 spiro atoms. The van der Waals surface area contributed by atoms with Crippen molar-refractivity contribution in [1.82, 2.24) is 0 Å². The van der Waals surface area contributed by atoms with Crippen molar-refractivity contribution in [2.45, 2.75) is 11.1 Å². The molecule has 2 N–H and O–H groups in total. The maximum Gasteiger partial charge on any atom is 0.416 e. The Kier molecular flexibility index (Phi) is 5.79. The number of carbonyl (C=O) groups excluding carboxylic acids is 1. The highest BCUT2D eigenvalue weighted by atomic mass is 32.2. The molecule has 0 fully saturated rings. The number of halogens is 4. The number of sulfonamides is 1. The topological polar surface area (TPSA) is 75.3 Å². The Morgan fingerprint density at radius 2 is 1.47 bits per heavy atom. The predicted octanol–water partition coefficient (Wildman–Crippen LogP) is 4.90. The Morgan fingerprint density at radius 1 is 0.833 bits per heavy atom. The third kappa shape index (κ3) is 5.15. The maximum atomic E-state index is 13.2. The average molecular weight is 438 g/mol. The Labute approximate surface area is 169 Å². The van der Waals surface area contributed by atoms with Crippen molar-refractivity contribution in [3.05, 3.63) is 89.7 Å². The van der Waals surface area contributed by atoms with Gasteiger partial charge in [0.05, 0.1) is 10.5 Å². The second-order valence-corrected chi connectivity index (χ2v) is 7.86. The van der Waals surface area contributed by atoms with Crippen LogP contribution in [0.3, 0.4) is 0 Å². The number of rotatable bonds is 5. The van der Waals surface area contributed by atoms with Crippen molar-refractivity contribution in [2.24, 2.45) is 0 Å². The Morgan fingerprint density at radius 3 is 2.10 bits per heavy atom. The standard InChI is InChI=1S/C20H14F4N2O3S/c21-15-4-2-5-16(12-15)25-19(27)13-7-9-18(10-8-13)30(28,29)26-17-6-1-3-14(11-17)20(22,23)24/h1-12,26H,(H,25,27). The first-order valence-electron chi connectivity index (χ1n) is 8.42. The Bertz CT molecular complexity index is 1180. The highest BCUT2D eigenvalue weighted by Gasteiger charge is 2.30. The van der Waals surface area contributed by atoms with Crippen molar-refractivity contribution in [2.75, 3.05) is 10.0 Å². The molecule has 3 aromatic carbocycles. The van der Waals surface area contributed by atoms with Crippen LogP contribution in [-0.4, -0.2) is 14.3 Å². The van der Waals surface area contributed by atoms with E-state index in [0.717, 1.165) is 30.3 Å². The van der Waals surface area contributed by atoms with Gasteiger partial charge in [0.2, 0.25) is 0 Å². The molecule has 156 valence electrons. The summed E-state index contributed by atoms with van der Waals surface area (Å²) in [6, 6.07) is 13.7. The molecule has 10 heteroatoms. The van der Waals surface area contributed by atoms with E-state index in [9.17, 15) is 30.8 Å². The van der Waals surface area contributed by atoms with Crippen molar-refractivity contribution in [3.63, 3.8) is 0 Å². The van der Waals surface area contributed by atoms with Crippen LogP contribution in [0.15, 0.2) is 77.7 Å². The zero-order chi connectivity index (χ0) is 21.9. The first-order valence-corrected chi connectivity index (χ1v) is 9.90. The molecule has 3 aromatic rings. The molecule has 5 nitrogen and oxygen atoms in total. The fourth-order valence-corrected chi connectivity index (χ4v) is 3.58. The van der Waals surface area contributed by atoms with E-state index >= 15 is 0 Å². The summed E-state index contributed by atoms with van der Waals surface area (Å²) < 4.78 is 78.5. The lowest BCUT2D eigenvalue weighted by Gasteiger charge is -2.11. The summed E-state index contributed by atoms with van der Waals surface area (Å²) in [5.74, 6) is -1.12. The minimum absolute atomic E-state index is 0.109. The molecular formula is C20H14F4N2O3S. The van der Waals surface area contributed by atoms with E-state index < -0.39 is 33.5 Å². The molecule has 30 heavy (non-hydrogen) atoms. The molecule has 1 amide bonds. The monoisotopic (exact) mass is 438 g/mol. The first kappa shape index (κ1) is 21.3. The van der Waals surface area contributed by atoms with Crippen LogP contribution in [0.4, 0.5) is 28.9 Å². The first-order chi connectivity index (χ1) is 14.0. The van der Waals surface area contributed by atoms with Gasteiger partial charge in [0.1, 0.15) is 5.82 Å². The summed E-state index contributed by atoms with van der Waals surface area (Å²) in [7, 11) is -4.18. The molecule has 0 atom stereocenters. The van der Waals surface area contributed by atoms with E-state index in [0.29, 0.717) is 6.07 Å². The summed E-state index contributed by atoms with van der Waals surface area (Å²) >= 11 is 0. The molecule has 0 saturated carbocycles. The highest BCUT2D eigenvalue weighted by Crippen LogP contribution is 2.31. The molecule has 0 radical (unpaired) electrons. The van der Waals surface area contributed by atoms with Crippen LogP contribution < -0.4 is 10.0 Å². The van der Waals surface area contributed by atoms with Gasteiger partial charge in [0, 0.05) is 16.9 Å². The van der Waals surface area contributed by atoms with Gasteiger partial charge in [-0.05, 0) is 60.7 Å². The number of alkyl halides is 3. The van der Waals surface area contributed by atoms with Gasteiger partial charge in [-0.15, -0.1) is 0 Å². The fourth-order valence-electron chi connectivity index (χ4n) is 2.53. The molecule has 0 unspecified atom stereocenters. The molecule has 0 saturated heterocycles. The number of hydrogen-bond donors (Lipinski definition) is 2. The van der Waals surface area contributed by atoms with Crippen molar-refractivity contribution < 1.29 is 30.8 Å². The molecule has 0 aliphatic heterocycles. The SMILES string of the molecule is O=C(Nc1cccc(F)c1)c1ccc(S(=O)(=O)Nc2cccc(C(F)(F)F)c2)cc1. The molecule has 0 aliphatic carbocycles. The normalized spacial score (nSPS) is 11.7. The van der Waals surface area contributed by atoms with Crippen LogP contribution in [0.2, 0.25) is 0 Å². The molecule has 0 aromatic heterocycles. The van der Waals surface area contributed by atoms with Crippen LogP contribution in [0.1, 0.15) is 15.9 Å². The molecule has 0 bridgehead atoms. The van der Waals surface area contributed by atoms with Gasteiger partial charge in [0.15, 0.2) is 0 Å². The van der Waals surface area contributed by atoms with Crippen LogP contribution in [0, 0.1) is 5.82 Å². The van der Waals surface area contributed by atoms with E-state index in [-0.39, 0.29) is 21.8 Å². The fraction of sp³-hybridized carbons (Fsp3) is 0.0500. The number of hydrogen-bond acceptors (Lipinski definition) is 3. The second kappa shape index (κ2) is 8.15. The minimum Gasteiger partial charge on any atom is -0.322 e. The molecule has 3 rings (SSSR count). The number of nitrogens with one attached hydrogen (secondary N) is 2. The van der Waals surface area contributed by atoms with Gasteiger partial charge in [-0.1, -0.05) is 12.1 Å². The van der Waals surface area contributed by atoms with Crippen molar-refractivity contribution >= 4 is 27.3 Å². The van der Waals surface area contributed by atoms with E-state index in [2.05, 4.69) is 10.0 Å². The molecule has 0 aliphatic rings. The lowest BCUT2D eigenvalue weighted by molar-refractivity contribution is -0.137. The zero-order valence-corrected chi connectivity index (χ0v) is 15.9. The van der Waals surface area contributed by atoms with Crippen LogP contribution in [-0.2, 0) is 16.2 Å². The zero-order valence-electron chi connectivity index (χ0n) is 15.1. The van der Waals surface area contributed by atoms with E-state index in [1.165, 1.54) is 36.4 Å². The van der Waals surface area contributed by atoms with Gasteiger partial charge in [-0.2, -0.15) is 13.2 Å². The summed E-state index contributed by atoms with van der Waals surface area (Å²) in [4.78, 5) is 12.0. The van der Waals surface area contributed by atoms with E-state index in [4.69, 9.17) is 0 Å². The highest BCUT2D eigenvalue weighted by molar-refractivity contribution is 7.92. The number of carbonyl (C=O) groups is 1. The van der Waals surface area contributed by atoms with E-state index in [1.807, 2.05) is 0 Å². The molecule has 0 heterocycles. The minimum atomic E-state index is -4.61. The van der Waals surface area contributed by atoms with Gasteiger partial charge in [-0.3, -0.25) is 9.52 Å². The molecular weight excluding hydrogens is 424 g/mol. The quantitative estimate of drug-likeness (QED) is 0.557. The van der Waals surface area contributed by atoms with Crippen molar-refractivity contribution in [3.8, 4) is 0 Å². The summed E-state index contributed by atoms with van der Waals surface area (Å²) in [6.45, 7) is 0. The lowest BCUT2D eigenvalue weighted by atomic mass is 10.2. The van der Waals surface area contributed by atoms with Gasteiger partial charge in [-0.25, -0.2) is 12.8 Å². The third-order valence-corrected chi connectivity index (χ3v) is 5.35. The van der Waals surface area contributed by atoms with Crippen molar-refractivity contribution in [1.29, 1.82) is 0 Å². The summed E-state index contributed by atoms with van der Waals surface area (Å²) in [6.07, 6.45) is -4.61. The predicted molar refractivity (Wildman–Crippen MR) is 103 cm³/mol. The smallest absolute Gasteiger partial charge is 0.322 e. The maximum absolute atomic E-state index is 13.2. The van der Waals surface area contributed by atoms with E-state index in [1.54, 1.807) is 0 Å². The van der Waals surface area contributed by atoms with Crippen LogP contribution in [0.5, 0.6) is 0 Å². The van der Waals surface area contributed by atoms with Crippen LogP contribution in [0.25, 0.3) is 0 Å². The Hall–Kier alpha value is -3.40. The second-order valence-electron chi connectivity index (χ2n) is 6.17. The number of anilines is 2. The van der Waals surface area contributed by atoms with Gasteiger partial charge < -0.3 is 5.32 Å². The van der Waals surface area contributed by atoms with Crippen LogP contribution >= 0.6 is 0 Å². The largest absolute Gasteiger partial charge is 0.416 e. The lowest BCUT2D eigenvalue weighted by Crippen LogP contribution is -2.15. The Balaban J connectivity index is 1.75. The summed E-state index contributed by atoms with van der Waals surface area (Å²) in [5.41, 5.74) is -0.912. The average Bonchev–Trinajstić information content (AvgIpc) is 2.67. The van der Waals surface area contributed by atoms with Gasteiger partial charge >= 0.3 is 6.18 Å². The third-order valence-electron chi connectivity index (χ3n) is 3.95. The summed E-state index contributed by atoms with van der Waals surface area (Å²) in [5, 5.41) is 2.47. The number of benzene rings is 3. The number of amides is 1.